The number of H-pyrrole nitrogens is 1. The van der Waals surface area contributed by atoms with Gasteiger partial charge in [-0.25, -0.2) is 0 Å². The Kier molecular flexibility index (Phi) is 1.58. The highest BCUT2D eigenvalue weighted by Gasteiger charge is 2.32. The second-order valence-corrected chi connectivity index (χ2v) is 2.69. The molecule has 1 aromatic carbocycles. The number of aromatic nitrogens is 1. The highest BCUT2D eigenvalue weighted by molar-refractivity contribution is 5.80. The average Bonchev–Trinajstić information content (AvgIpc) is 2.45. The number of hydrogen-bond donors (Lipinski definition) is 1. The monoisotopic (exact) mass is 184 g/mol. The molecule has 0 aliphatic carbocycles. The highest BCUT2D eigenvalue weighted by atomic mass is 19.4. The number of alkyl halides is 3. The molecule has 2 aromatic rings. The third-order valence-corrected chi connectivity index (χ3v) is 1.77. The van der Waals surface area contributed by atoms with Crippen molar-refractivity contribution in [3.8, 4) is 0 Å². The van der Waals surface area contributed by atoms with Crippen LogP contribution >= 0.6 is 0 Å². The third kappa shape index (κ3) is 1.39. The first-order valence-electron chi connectivity index (χ1n) is 3.63. The fourth-order valence-electron chi connectivity index (χ4n) is 1.17. The van der Waals surface area contributed by atoms with Gasteiger partial charge >= 0.3 is 6.18 Å². The Hall–Kier alpha value is -1.45. The van der Waals surface area contributed by atoms with Gasteiger partial charge in [0, 0.05) is 10.9 Å². The van der Waals surface area contributed by atoms with Crippen molar-refractivity contribution in [1.29, 1.82) is 0 Å². The molecule has 4 heteroatoms. The van der Waals surface area contributed by atoms with Crippen LogP contribution in [0.2, 0.25) is 0 Å². The largest absolute Gasteiger partial charge is 0.431 e. The predicted molar refractivity (Wildman–Crippen MR) is 42.1 cm³/mol. The van der Waals surface area contributed by atoms with Gasteiger partial charge in [0.25, 0.3) is 0 Å². The van der Waals surface area contributed by atoms with Crippen LogP contribution in [0.4, 0.5) is 13.2 Å². The summed E-state index contributed by atoms with van der Waals surface area (Å²) in [5.74, 6) is 0. The summed E-state index contributed by atoms with van der Waals surface area (Å²) in [6.07, 6.45) is -4.31. The normalized spacial score (nSPS) is 12.2. The quantitative estimate of drug-likeness (QED) is 0.647. The summed E-state index contributed by atoms with van der Waals surface area (Å²) in [6, 6.07) is 8.43. The van der Waals surface area contributed by atoms with Crippen LogP contribution in [-0.2, 0) is 6.18 Å². The van der Waals surface area contributed by atoms with Crippen molar-refractivity contribution in [1.82, 2.24) is 4.98 Å². The fourth-order valence-corrected chi connectivity index (χ4v) is 1.17. The van der Waals surface area contributed by atoms with Crippen LogP contribution in [0, 0.1) is 6.07 Å². The molecule has 1 heterocycles. The number of fused-ring (bicyclic) bond motifs is 1. The van der Waals surface area contributed by atoms with E-state index in [1.54, 1.807) is 12.1 Å². The number of aromatic amines is 1. The van der Waals surface area contributed by atoms with Crippen LogP contribution in [0.25, 0.3) is 10.9 Å². The number of nitrogens with one attached hydrogen (secondary N) is 1. The molecule has 13 heavy (non-hydrogen) atoms. The molecule has 0 atom stereocenters. The minimum Gasteiger partial charge on any atom is -0.351 e. The predicted octanol–water partition coefficient (Wildman–Crippen LogP) is 2.99. The number of hydrogen-bond acceptors (Lipinski definition) is 0. The summed E-state index contributed by atoms with van der Waals surface area (Å²) in [4.78, 5) is 2.29. The van der Waals surface area contributed by atoms with Crippen molar-refractivity contribution in [2.45, 2.75) is 6.18 Å². The van der Waals surface area contributed by atoms with Gasteiger partial charge < -0.3 is 4.98 Å². The Morgan fingerprint density at radius 1 is 1.31 bits per heavy atom. The third-order valence-electron chi connectivity index (χ3n) is 1.77. The molecule has 0 fully saturated rings. The Morgan fingerprint density at radius 3 is 2.69 bits per heavy atom. The summed E-state index contributed by atoms with van der Waals surface area (Å²) in [6.45, 7) is 0. The Morgan fingerprint density at radius 2 is 2.08 bits per heavy atom. The van der Waals surface area contributed by atoms with Gasteiger partial charge in [-0.1, -0.05) is 6.07 Å². The molecule has 0 aliphatic rings. The first-order chi connectivity index (χ1) is 6.07. The van der Waals surface area contributed by atoms with E-state index in [0.29, 0.717) is 10.9 Å². The summed E-state index contributed by atoms with van der Waals surface area (Å²) in [5.41, 5.74) is -0.242. The van der Waals surface area contributed by atoms with E-state index < -0.39 is 11.9 Å². The van der Waals surface area contributed by atoms with E-state index in [-0.39, 0.29) is 0 Å². The number of benzene rings is 1. The van der Waals surface area contributed by atoms with Crippen LogP contribution in [-0.4, -0.2) is 4.98 Å². The number of rotatable bonds is 0. The Balaban J connectivity index is 2.63. The van der Waals surface area contributed by atoms with E-state index >= 15 is 0 Å². The van der Waals surface area contributed by atoms with Gasteiger partial charge in [0.05, 0.1) is 0 Å². The summed E-state index contributed by atoms with van der Waals surface area (Å²) in [5, 5.41) is 0.523. The summed E-state index contributed by atoms with van der Waals surface area (Å²) in [7, 11) is 0. The van der Waals surface area contributed by atoms with Gasteiger partial charge in [0.2, 0.25) is 0 Å². The van der Waals surface area contributed by atoms with E-state index in [2.05, 4.69) is 11.1 Å². The van der Waals surface area contributed by atoms with E-state index in [0.717, 1.165) is 6.07 Å². The Labute approximate surface area is 72.2 Å². The molecular weight excluding hydrogens is 179 g/mol. The molecule has 67 valence electrons. The standard InChI is InChI=1S/C9H5F3N/c10-9(11,12)8-5-6-3-1-2-4-7(6)13-8/h2-5,13H. The minimum atomic E-state index is -4.31. The lowest BCUT2D eigenvalue weighted by Gasteiger charge is -2.00. The SMILES string of the molecule is FC(F)(F)c1cc2c[c]ccc2[nH]1. The first kappa shape index (κ1) is 8.16. The van der Waals surface area contributed by atoms with Crippen molar-refractivity contribution in [3.05, 3.63) is 36.0 Å². The van der Waals surface area contributed by atoms with Gasteiger partial charge in [0.15, 0.2) is 0 Å². The van der Waals surface area contributed by atoms with Gasteiger partial charge in [0.1, 0.15) is 5.69 Å². The van der Waals surface area contributed by atoms with Crippen LogP contribution in [0.15, 0.2) is 24.3 Å². The maximum Gasteiger partial charge on any atom is 0.431 e. The molecule has 1 nitrogen and oxygen atoms in total. The number of halogens is 3. The van der Waals surface area contributed by atoms with Crippen molar-refractivity contribution < 1.29 is 13.2 Å². The zero-order valence-corrected chi connectivity index (χ0v) is 6.44. The van der Waals surface area contributed by atoms with E-state index in [1.807, 2.05) is 0 Å². The molecule has 0 saturated carbocycles. The molecule has 1 N–H and O–H groups in total. The lowest BCUT2D eigenvalue weighted by atomic mass is 10.2. The van der Waals surface area contributed by atoms with Gasteiger partial charge in [-0.3, -0.25) is 0 Å². The second kappa shape index (κ2) is 2.52. The molecule has 2 rings (SSSR count). The van der Waals surface area contributed by atoms with Gasteiger partial charge in [-0.2, -0.15) is 13.2 Å². The van der Waals surface area contributed by atoms with Crippen LogP contribution < -0.4 is 0 Å². The molecule has 0 unspecified atom stereocenters. The average molecular weight is 184 g/mol. The maximum absolute atomic E-state index is 12.2. The molecule has 0 amide bonds. The molecule has 1 aromatic heterocycles. The maximum atomic E-state index is 12.2. The molecule has 0 spiro atoms. The topological polar surface area (TPSA) is 15.8 Å². The molecule has 1 radical (unpaired) electrons. The smallest absolute Gasteiger partial charge is 0.351 e. The first-order valence-corrected chi connectivity index (χ1v) is 3.63. The zero-order valence-electron chi connectivity index (χ0n) is 6.44. The van der Waals surface area contributed by atoms with E-state index in [4.69, 9.17) is 0 Å². The Bertz CT molecular complexity index is 395. The summed E-state index contributed by atoms with van der Waals surface area (Å²) < 4.78 is 36.6. The fraction of sp³-hybridized carbons (Fsp3) is 0.111. The zero-order chi connectivity index (χ0) is 9.47. The van der Waals surface area contributed by atoms with Crippen LogP contribution in [0.5, 0.6) is 0 Å². The molecule has 0 saturated heterocycles. The van der Waals surface area contributed by atoms with Gasteiger partial charge in [-0.05, 0) is 24.3 Å². The van der Waals surface area contributed by atoms with E-state index in [9.17, 15) is 13.2 Å². The molecule has 0 aliphatic heterocycles. The summed E-state index contributed by atoms with van der Waals surface area (Å²) >= 11 is 0. The molecule has 0 bridgehead atoms. The molecular formula is C9H5F3N. The van der Waals surface area contributed by atoms with E-state index in [1.165, 1.54) is 6.07 Å². The lowest BCUT2D eigenvalue weighted by molar-refractivity contribution is -0.140. The lowest BCUT2D eigenvalue weighted by Crippen LogP contribution is -2.04. The highest BCUT2D eigenvalue weighted by Crippen LogP contribution is 2.30. The van der Waals surface area contributed by atoms with Crippen molar-refractivity contribution in [2.24, 2.45) is 0 Å². The van der Waals surface area contributed by atoms with Crippen LogP contribution in [0.3, 0.4) is 0 Å². The minimum absolute atomic E-state index is 0.478. The van der Waals surface area contributed by atoms with Crippen LogP contribution in [0.1, 0.15) is 5.69 Å². The second-order valence-electron chi connectivity index (χ2n) is 2.69. The van der Waals surface area contributed by atoms with Crippen molar-refractivity contribution in [2.75, 3.05) is 0 Å². The van der Waals surface area contributed by atoms with Crippen molar-refractivity contribution >= 4 is 10.9 Å². The van der Waals surface area contributed by atoms with Gasteiger partial charge in [-0.15, -0.1) is 0 Å². The van der Waals surface area contributed by atoms with Crippen molar-refractivity contribution in [3.63, 3.8) is 0 Å².